The van der Waals surface area contributed by atoms with Crippen molar-refractivity contribution in [3.05, 3.63) is 52.3 Å². The summed E-state index contributed by atoms with van der Waals surface area (Å²) in [6, 6.07) is 5.56. The number of fused-ring (bicyclic) bond motifs is 1. The van der Waals surface area contributed by atoms with Crippen LogP contribution in [-0.2, 0) is 17.4 Å². The Bertz CT molecular complexity index is 812. The molecule has 8 heteroatoms. The fourth-order valence-corrected chi connectivity index (χ4v) is 2.70. The number of nitrogens with zero attached hydrogens (tertiary/aromatic N) is 1. The van der Waals surface area contributed by atoms with E-state index in [-0.39, 0.29) is 18.1 Å². The Hall–Kier alpha value is -2.28. The second-order valence-corrected chi connectivity index (χ2v) is 5.70. The van der Waals surface area contributed by atoms with Gasteiger partial charge in [0, 0.05) is 12.7 Å². The van der Waals surface area contributed by atoms with Crippen molar-refractivity contribution in [3.8, 4) is 11.5 Å². The first kappa shape index (κ1) is 16.6. The minimum Gasteiger partial charge on any atom is -0.453 e. The summed E-state index contributed by atoms with van der Waals surface area (Å²) >= 11 is 5.73. The van der Waals surface area contributed by atoms with Crippen LogP contribution in [0.1, 0.15) is 11.1 Å². The Morgan fingerprint density at radius 1 is 1.21 bits per heavy atom. The molecular weight excluding hydrogens is 350 g/mol. The van der Waals surface area contributed by atoms with Gasteiger partial charge in [-0.25, -0.2) is 4.39 Å². The topological polar surface area (TPSA) is 29.5 Å². The minimum atomic E-state index is -4.71. The second kappa shape index (κ2) is 5.66. The van der Waals surface area contributed by atoms with Crippen molar-refractivity contribution in [2.24, 2.45) is 0 Å². The van der Waals surface area contributed by atoms with Crippen molar-refractivity contribution in [3.63, 3.8) is 0 Å². The minimum absolute atomic E-state index is 0.0964. The number of halogens is 5. The lowest BCUT2D eigenvalue weighted by molar-refractivity contribution is -0.137. The molecule has 0 spiro atoms. The first-order valence-corrected chi connectivity index (χ1v) is 7.18. The van der Waals surface area contributed by atoms with Crippen LogP contribution in [0.5, 0.6) is 11.5 Å². The molecule has 0 unspecified atom stereocenters. The van der Waals surface area contributed by atoms with Crippen LogP contribution in [0, 0.1) is 5.82 Å². The molecule has 3 nitrogen and oxygen atoms in total. The van der Waals surface area contributed by atoms with E-state index < -0.39 is 28.3 Å². The van der Waals surface area contributed by atoms with Gasteiger partial charge < -0.3 is 9.64 Å². The summed E-state index contributed by atoms with van der Waals surface area (Å²) in [7, 11) is 1.63. The average molecular weight is 360 g/mol. The lowest BCUT2D eigenvalue weighted by Crippen LogP contribution is -2.20. The van der Waals surface area contributed by atoms with Gasteiger partial charge in [-0.1, -0.05) is 11.6 Å². The highest BCUT2D eigenvalue weighted by molar-refractivity contribution is 6.32. The SMILES string of the molecule is CN1C(=O)Cc2cc(Oc3c(F)cc(C(F)(F)F)cc3Cl)ccc21. The number of amides is 1. The summed E-state index contributed by atoms with van der Waals surface area (Å²) in [6.07, 6.45) is -4.53. The van der Waals surface area contributed by atoms with Gasteiger partial charge in [-0.2, -0.15) is 13.2 Å². The molecule has 0 fully saturated rings. The summed E-state index contributed by atoms with van der Waals surface area (Å²) in [5.74, 6) is -1.64. The van der Waals surface area contributed by atoms with E-state index in [0.29, 0.717) is 23.4 Å². The number of ether oxygens (including phenoxy) is 1. The van der Waals surface area contributed by atoms with Gasteiger partial charge in [0.15, 0.2) is 11.6 Å². The van der Waals surface area contributed by atoms with Gasteiger partial charge in [-0.3, -0.25) is 4.79 Å². The third-order valence-corrected chi connectivity index (χ3v) is 3.95. The van der Waals surface area contributed by atoms with Crippen molar-refractivity contribution >= 4 is 23.2 Å². The molecule has 2 aromatic carbocycles. The molecule has 0 bridgehead atoms. The first-order valence-electron chi connectivity index (χ1n) is 6.80. The van der Waals surface area contributed by atoms with E-state index in [1.165, 1.54) is 17.0 Å². The van der Waals surface area contributed by atoms with Crippen LogP contribution >= 0.6 is 11.6 Å². The molecular formula is C16H10ClF4NO2. The molecule has 1 amide bonds. The molecule has 1 aliphatic heterocycles. The van der Waals surface area contributed by atoms with Gasteiger partial charge in [0.05, 0.1) is 17.0 Å². The smallest absolute Gasteiger partial charge is 0.416 e. The molecule has 24 heavy (non-hydrogen) atoms. The fraction of sp³-hybridized carbons (Fsp3) is 0.188. The van der Waals surface area contributed by atoms with Crippen LogP contribution in [0.4, 0.5) is 23.2 Å². The van der Waals surface area contributed by atoms with Gasteiger partial charge in [-0.05, 0) is 35.9 Å². The van der Waals surface area contributed by atoms with Crippen LogP contribution in [-0.4, -0.2) is 13.0 Å². The predicted molar refractivity (Wildman–Crippen MR) is 80.0 cm³/mol. The van der Waals surface area contributed by atoms with Crippen molar-refractivity contribution in [1.82, 2.24) is 0 Å². The number of likely N-dealkylation sites (N-methyl/N-ethyl adjacent to an activating group) is 1. The molecule has 1 heterocycles. The highest BCUT2D eigenvalue weighted by Crippen LogP contribution is 2.39. The number of carbonyl (C=O) groups excluding carboxylic acids is 1. The van der Waals surface area contributed by atoms with Gasteiger partial charge >= 0.3 is 6.18 Å². The summed E-state index contributed by atoms with van der Waals surface area (Å²) in [6.45, 7) is 0. The molecule has 0 saturated carbocycles. The number of alkyl halides is 3. The van der Waals surface area contributed by atoms with Gasteiger partial charge in [0.1, 0.15) is 5.75 Å². The summed E-state index contributed by atoms with van der Waals surface area (Å²) in [5, 5.41) is -0.490. The zero-order valence-corrected chi connectivity index (χ0v) is 13.0. The van der Waals surface area contributed by atoms with Crippen LogP contribution in [0.3, 0.4) is 0 Å². The summed E-state index contributed by atoms with van der Waals surface area (Å²) < 4.78 is 57.1. The highest BCUT2D eigenvalue weighted by Gasteiger charge is 2.33. The molecule has 126 valence electrons. The normalized spacial score (nSPS) is 14.1. The number of hydrogen-bond donors (Lipinski definition) is 0. The number of anilines is 1. The number of hydrogen-bond acceptors (Lipinski definition) is 2. The van der Waals surface area contributed by atoms with Crippen molar-refractivity contribution in [2.75, 3.05) is 11.9 Å². The fourth-order valence-electron chi connectivity index (χ4n) is 2.45. The molecule has 0 aromatic heterocycles. The molecule has 0 N–H and O–H groups in total. The largest absolute Gasteiger partial charge is 0.453 e. The third-order valence-electron chi connectivity index (χ3n) is 3.67. The van der Waals surface area contributed by atoms with Crippen molar-refractivity contribution in [1.29, 1.82) is 0 Å². The predicted octanol–water partition coefficient (Wildman–Crippen LogP) is 4.81. The number of benzene rings is 2. The van der Waals surface area contributed by atoms with E-state index in [9.17, 15) is 22.4 Å². The van der Waals surface area contributed by atoms with E-state index in [2.05, 4.69) is 0 Å². The molecule has 2 aromatic rings. The Morgan fingerprint density at radius 2 is 1.92 bits per heavy atom. The quantitative estimate of drug-likeness (QED) is 0.720. The maximum absolute atomic E-state index is 14.0. The highest BCUT2D eigenvalue weighted by atomic mass is 35.5. The van der Waals surface area contributed by atoms with E-state index in [1.54, 1.807) is 13.1 Å². The van der Waals surface area contributed by atoms with Gasteiger partial charge in [-0.15, -0.1) is 0 Å². The molecule has 0 saturated heterocycles. The van der Waals surface area contributed by atoms with E-state index in [0.717, 1.165) is 0 Å². The van der Waals surface area contributed by atoms with Crippen LogP contribution in [0.2, 0.25) is 5.02 Å². The van der Waals surface area contributed by atoms with Crippen LogP contribution in [0.25, 0.3) is 0 Å². The zero-order valence-electron chi connectivity index (χ0n) is 12.2. The number of carbonyl (C=O) groups is 1. The van der Waals surface area contributed by atoms with E-state index >= 15 is 0 Å². The Morgan fingerprint density at radius 3 is 2.54 bits per heavy atom. The lowest BCUT2D eigenvalue weighted by Gasteiger charge is -2.14. The molecule has 1 aliphatic rings. The summed E-state index contributed by atoms with van der Waals surface area (Å²) in [4.78, 5) is 13.1. The van der Waals surface area contributed by atoms with Crippen molar-refractivity contribution < 1.29 is 27.1 Å². The Balaban J connectivity index is 1.93. The standard InChI is InChI=1S/C16H10ClF4NO2/c1-22-13-3-2-10(4-8(13)5-14(22)23)24-15-11(17)6-9(7-12(15)18)16(19,20)21/h2-4,6-7H,5H2,1H3. The average Bonchev–Trinajstić information content (AvgIpc) is 2.76. The Labute approximate surface area is 139 Å². The second-order valence-electron chi connectivity index (χ2n) is 5.29. The van der Waals surface area contributed by atoms with Gasteiger partial charge in [0.2, 0.25) is 5.91 Å². The number of rotatable bonds is 2. The van der Waals surface area contributed by atoms with E-state index in [4.69, 9.17) is 16.3 Å². The molecule has 0 aliphatic carbocycles. The van der Waals surface area contributed by atoms with Crippen LogP contribution in [0.15, 0.2) is 30.3 Å². The molecule has 0 atom stereocenters. The van der Waals surface area contributed by atoms with Crippen LogP contribution < -0.4 is 9.64 Å². The third kappa shape index (κ3) is 2.91. The lowest BCUT2D eigenvalue weighted by atomic mass is 10.1. The maximum atomic E-state index is 14.0. The Kier molecular flexibility index (Phi) is 3.91. The van der Waals surface area contributed by atoms with Crippen molar-refractivity contribution in [2.45, 2.75) is 12.6 Å². The molecule has 3 rings (SSSR count). The van der Waals surface area contributed by atoms with E-state index in [1.807, 2.05) is 0 Å². The zero-order chi connectivity index (χ0) is 17.6. The molecule has 0 radical (unpaired) electrons. The maximum Gasteiger partial charge on any atom is 0.416 e. The monoisotopic (exact) mass is 359 g/mol. The van der Waals surface area contributed by atoms with Gasteiger partial charge in [0.25, 0.3) is 0 Å². The first-order chi connectivity index (χ1) is 11.2. The summed E-state index contributed by atoms with van der Waals surface area (Å²) in [5.41, 5.74) is 0.188.